The van der Waals surface area contributed by atoms with Gasteiger partial charge in [-0.15, -0.1) is 0 Å². The Bertz CT molecular complexity index is 537. The monoisotopic (exact) mass is 259 g/mol. The van der Waals surface area contributed by atoms with Gasteiger partial charge in [0.05, 0.1) is 4.92 Å². The molecule has 7 heteroatoms. The molecule has 0 N–H and O–H groups in total. The van der Waals surface area contributed by atoms with E-state index in [-0.39, 0.29) is 11.3 Å². The van der Waals surface area contributed by atoms with E-state index in [9.17, 15) is 23.3 Å². The molecule has 1 unspecified atom stereocenters. The van der Waals surface area contributed by atoms with Crippen molar-refractivity contribution in [3.63, 3.8) is 0 Å². The Balaban J connectivity index is 2.64. The van der Waals surface area contributed by atoms with Crippen molar-refractivity contribution >= 4 is 5.57 Å². The quantitative estimate of drug-likeness (QED) is 0.575. The number of hydrogen-bond donors (Lipinski definition) is 0. The van der Waals surface area contributed by atoms with Crippen molar-refractivity contribution in [1.82, 2.24) is 0 Å². The van der Waals surface area contributed by atoms with Gasteiger partial charge in [0.15, 0.2) is 0 Å². The fourth-order valence-electron chi connectivity index (χ4n) is 1.85. The number of rotatable bonds is 1. The van der Waals surface area contributed by atoms with Gasteiger partial charge >= 0.3 is 6.18 Å². The fraction of sp³-hybridized carbons (Fsp3) is 0.273. The zero-order valence-corrected chi connectivity index (χ0v) is 9.19. The molecule has 0 bridgehead atoms. The Morgan fingerprint density at radius 3 is 2.50 bits per heavy atom. The molecule has 2 rings (SSSR count). The maximum atomic E-state index is 12.8. The zero-order chi connectivity index (χ0) is 13.5. The molecule has 4 nitrogen and oxygen atoms in total. The molecule has 0 aliphatic carbocycles. The molecule has 96 valence electrons. The van der Waals surface area contributed by atoms with Crippen LogP contribution in [0, 0.1) is 10.1 Å². The van der Waals surface area contributed by atoms with E-state index >= 15 is 0 Å². The molecule has 0 saturated carbocycles. The fourth-order valence-corrected chi connectivity index (χ4v) is 1.85. The summed E-state index contributed by atoms with van der Waals surface area (Å²) in [6, 6.07) is 5.93. The van der Waals surface area contributed by atoms with E-state index in [1.807, 2.05) is 0 Å². The highest BCUT2D eigenvalue weighted by Gasteiger charge is 2.53. The molecule has 1 aromatic rings. The Morgan fingerprint density at radius 2 is 1.94 bits per heavy atom. The Morgan fingerprint density at radius 1 is 1.33 bits per heavy atom. The summed E-state index contributed by atoms with van der Waals surface area (Å²) >= 11 is 0. The van der Waals surface area contributed by atoms with Gasteiger partial charge in [0.1, 0.15) is 5.75 Å². The molecule has 1 aromatic carbocycles. The van der Waals surface area contributed by atoms with E-state index in [2.05, 4.69) is 0 Å². The second kappa shape index (κ2) is 4.01. The van der Waals surface area contributed by atoms with Crippen LogP contribution >= 0.6 is 0 Å². The average molecular weight is 259 g/mol. The van der Waals surface area contributed by atoms with Crippen molar-refractivity contribution in [1.29, 1.82) is 0 Å². The van der Waals surface area contributed by atoms with Crippen LogP contribution in [0.4, 0.5) is 13.2 Å². The van der Waals surface area contributed by atoms with Crippen LogP contribution < -0.4 is 4.74 Å². The molecule has 1 aliphatic rings. The van der Waals surface area contributed by atoms with Gasteiger partial charge < -0.3 is 4.74 Å². The lowest BCUT2D eigenvalue weighted by Crippen LogP contribution is -2.41. The Labute approximate surface area is 99.8 Å². The highest BCUT2D eigenvalue weighted by atomic mass is 19.4. The second-order valence-corrected chi connectivity index (χ2v) is 3.80. The molecule has 0 amide bonds. The van der Waals surface area contributed by atoms with E-state index < -0.39 is 22.9 Å². The van der Waals surface area contributed by atoms with Crippen LogP contribution in [0.2, 0.25) is 0 Å². The van der Waals surface area contributed by atoms with Crippen LogP contribution in [-0.4, -0.2) is 17.2 Å². The first kappa shape index (κ1) is 12.4. The molecule has 0 saturated heterocycles. The summed E-state index contributed by atoms with van der Waals surface area (Å²) < 4.78 is 43.0. The van der Waals surface area contributed by atoms with Gasteiger partial charge in [-0.2, -0.15) is 13.2 Å². The van der Waals surface area contributed by atoms with Crippen LogP contribution in [0.15, 0.2) is 30.0 Å². The summed E-state index contributed by atoms with van der Waals surface area (Å²) in [7, 11) is 0. The zero-order valence-electron chi connectivity index (χ0n) is 9.19. The molecule has 0 aromatic heterocycles. The van der Waals surface area contributed by atoms with Gasteiger partial charge in [-0.1, -0.05) is 18.2 Å². The summed E-state index contributed by atoms with van der Waals surface area (Å²) in [5, 5.41) is 10.8. The van der Waals surface area contributed by atoms with E-state index in [1.54, 1.807) is 6.07 Å². The highest BCUT2D eigenvalue weighted by molar-refractivity contribution is 5.72. The predicted octanol–water partition coefficient (Wildman–Crippen LogP) is 3.02. The summed E-state index contributed by atoms with van der Waals surface area (Å²) in [4.78, 5) is 9.76. The van der Waals surface area contributed by atoms with Crippen LogP contribution in [0.5, 0.6) is 5.75 Å². The van der Waals surface area contributed by atoms with Crippen molar-refractivity contribution in [3.05, 3.63) is 45.6 Å². The summed E-state index contributed by atoms with van der Waals surface area (Å²) in [5.74, 6) is 0.00271. The number of fused-ring (bicyclic) bond motifs is 1. The first-order chi connectivity index (χ1) is 8.32. The first-order valence-corrected chi connectivity index (χ1v) is 5.00. The molecule has 0 fully saturated rings. The average Bonchev–Trinajstić information content (AvgIpc) is 2.27. The normalized spacial score (nSPS) is 19.2. The Kier molecular flexibility index (Phi) is 2.76. The van der Waals surface area contributed by atoms with Crippen LogP contribution in [0.25, 0.3) is 5.57 Å². The van der Waals surface area contributed by atoms with Crippen molar-refractivity contribution in [2.75, 3.05) is 0 Å². The summed E-state index contributed by atoms with van der Waals surface area (Å²) in [5.41, 5.74) is -0.671. The maximum absolute atomic E-state index is 12.8. The van der Waals surface area contributed by atoms with Crippen LogP contribution in [0.1, 0.15) is 12.5 Å². The molecule has 1 aliphatic heterocycles. The molecule has 1 heterocycles. The predicted molar refractivity (Wildman–Crippen MR) is 56.5 cm³/mol. The largest absolute Gasteiger partial charge is 0.469 e. The number of allylic oxidation sites excluding steroid dienone is 1. The topological polar surface area (TPSA) is 52.4 Å². The highest BCUT2D eigenvalue weighted by Crippen LogP contribution is 2.40. The van der Waals surface area contributed by atoms with E-state index in [1.165, 1.54) is 25.1 Å². The number of ether oxygens (including phenoxy) is 1. The number of halogens is 3. The third-order valence-electron chi connectivity index (χ3n) is 2.66. The lowest BCUT2D eigenvalue weighted by atomic mass is 9.98. The van der Waals surface area contributed by atoms with Gasteiger partial charge in [0, 0.05) is 11.1 Å². The van der Waals surface area contributed by atoms with Gasteiger partial charge in [0.25, 0.3) is 11.8 Å². The third-order valence-corrected chi connectivity index (χ3v) is 2.66. The number of benzene rings is 1. The van der Waals surface area contributed by atoms with Crippen molar-refractivity contribution in [2.45, 2.75) is 19.2 Å². The van der Waals surface area contributed by atoms with Gasteiger partial charge in [-0.25, -0.2) is 0 Å². The summed E-state index contributed by atoms with van der Waals surface area (Å²) in [6.45, 7) is 1.29. The van der Waals surface area contributed by atoms with Crippen LogP contribution in [0.3, 0.4) is 0 Å². The smallest absolute Gasteiger partial charge is 0.436 e. The molecule has 0 radical (unpaired) electrons. The molecule has 18 heavy (non-hydrogen) atoms. The van der Waals surface area contributed by atoms with E-state index in [0.29, 0.717) is 5.56 Å². The SMILES string of the molecule is CC1=C([N+](=O)[O-])C(C(F)(F)F)Oc2ccccc21. The lowest BCUT2D eigenvalue weighted by Gasteiger charge is -2.26. The molecule has 1 atom stereocenters. The third kappa shape index (κ3) is 1.92. The minimum Gasteiger partial charge on any atom is -0.469 e. The van der Waals surface area contributed by atoms with Gasteiger partial charge in [0.2, 0.25) is 0 Å². The number of nitrogens with zero attached hydrogens (tertiary/aromatic N) is 1. The molecular formula is C11H8F3NO3. The Hall–Kier alpha value is -2.05. The van der Waals surface area contributed by atoms with Crippen molar-refractivity contribution in [2.24, 2.45) is 0 Å². The minimum absolute atomic E-state index is 0.00271. The van der Waals surface area contributed by atoms with Crippen LogP contribution in [-0.2, 0) is 0 Å². The van der Waals surface area contributed by atoms with Gasteiger partial charge in [-0.3, -0.25) is 10.1 Å². The lowest BCUT2D eigenvalue weighted by molar-refractivity contribution is -0.443. The summed E-state index contributed by atoms with van der Waals surface area (Å²) in [6.07, 6.45) is -7.35. The maximum Gasteiger partial charge on any atom is 0.436 e. The van der Waals surface area contributed by atoms with Crippen molar-refractivity contribution < 1.29 is 22.8 Å². The van der Waals surface area contributed by atoms with Crippen molar-refractivity contribution in [3.8, 4) is 5.75 Å². The first-order valence-electron chi connectivity index (χ1n) is 5.00. The standard InChI is InChI=1S/C11H8F3NO3/c1-6-7-4-2-3-5-8(7)18-10(11(12,13)14)9(6)15(16)17/h2-5,10H,1H3. The number of nitro groups is 1. The van der Waals surface area contributed by atoms with Gasteiger partial charge in [-0.05, 0) is 13.0 Å². The number of alkyl halides is 3. The molecule has 0 spiro atoms. The van der Waals surface area contributed by atoms with E-state index in [4.69, 9.17) is 4.74 Å². The van der Waals surface area contributed by atoms with E-state index in [0.717, 1.165) is 0 Å². The number of para-hydroxylation sites is 1. The minimum atomic E-state index is -4.82. The number of hydrogen-bond acceptors (Lipinski definition) is 3. The second-order valence-electron chi connectivity index (χ2n) is 3.80. The molecular weight excluding hydrogens is 251 g/mol.